The standard InChI is InChI=1S/C23H29ClN2O2S.C4H12S.C3H4/c1-5-17-13-16(3)14-19-15-20(24)7-8-21(19)22(23(17)25-6-2)18-9-11-26(12-10-18)29(4,27)28;1-5(2,3)4;1-3-2/h5-8,14-15,18,22H,2,9-13H2,1,3-4H3;1-4H3;1H,2H3/b16-14-,17-5-,25-23?;;. The van der Waals surface area contributed by atoms with E-state index in [9.17, 15) is 8.42 Å². The molecule has 37 heavy (non-hydrogen) atoms. The molecule has 0 radical (unpaired) electrons. The highest BCUT2D eigenvalue weighted by atomic mass is 35.5. The number of rotatable bonds is 3. The van der Waals surface area contributed by atoms with Gasteiger partial charge in [0, 0.05) is 30.2 Å². The maximum Gasteiger partial charge on any atom is 0.211 e. The molecule has 7 heteroatoms. The second-order valence-electron chi connectivity index (χ2n) is 10.7. The molecular weight excluding hydrogens is 520 g/mol. The van der Waals surface area contributed by atoms with Gasteiger partial charge in [-0.15, -0.1) is 12.3 Å². The van der Waals surface area contributed by atoms with Crippen molar-refractivity contribution in [3.8, 4) is 12.3 Å². The Bertz CT molecular complexity index is 1150. The largest absolute Gasteiger partial charge is 0.261 e. The van der Waals surface area contributed by atoms with E-state index < -0.39 is 10.0 Å². The quantitative estimate of drug-likeness (QED) is 0.359. The second kappa shape index (κ2) is 15.0. The topological polar surface area (TPSA) is 49.7 Å². The minimum Gasteiger partial charge on any atom is -0.261 e. The fourth-order valence-corrected chi connectivity index (χ4v) is 5.59. The molecule has 1 saturated heterocycles. The molecule has 1 aromatic rings. The van der Waals surface area contributed by atoms with Crippen molar-refractivity contribution in [2.24, 2.45) is 10.9 Å². The summed E-state index contributed by atoms with van der Waals surface area (Å²) in [5.74, 6) is 2.63. The predicted molar refractivity (Wildman–Crippen MR) is 169 cm³/mol. The van der Waals surface area contributed by atoms with Crippen LogP contribution in [0.15, 0.2) is 53.2 Å². The molecule has 0 spiro atoms. The van der Waals surface area contributed by atoms with Gasteiger partial charge in [-0.05, 0) is 99.8 Å². The molecule has 206 valence electrons. The van der Waals surface area contributed by atoms with E-state index in [-0.39, 0.29) is 15.9 Å². The summed E-state index contributed by atoms with van der Waals surface area (Å²) in [6.45, 7) is 10.8. The highest BCUT2D eigenvalue weighted by molar-refractivity contribution is 8.31. The number of sulfonamides is 1. The summed E-state index contributed by atoms with van der Waals surface area (Å²) in [5, 5.41) is 0.715. The van der Waals surface area contributed by atoms with E-state index in [2.05, 4.69) is 76.0 Å². The lowest BCUT2D eigenvalue weighted by Gasteiger charge is -2.37. The maximum atomic E-state index is 12.0. The molecular formula is C30H45ClN2O2S2. The van der Waals surface area contributed by atoms with Gasteiger partial charge in [0.1, 0.15) is 0 Å². The third-order valence-electron chi connectivity index (χ3n) is 5.90. The zero-order valence-corrected chi connectivity index (χ0v) is 26.2. The first-order valence-electron chi connectivity index (χ1n) is 12.4. The van der Waals surface area contributed by atoms with Gasteiger partial charge in [-0.2, -0.15) is 0 Å². The smallest absolute Gasteiger partial charge is 0.211 e. The Kier molecular flexibility index (Phi) is 13.5. The first-order valence-corrected chi connectivity index (χ1v) is 17.9. The number of aliphatic imine (C=N–C) groups is 1. The highest BCUT2D eigenvalue weighted by Crippen LogP contribution is 2.41. The van der Waals surface area contributed by atoms with Gasteiger partial charge in [0.2, 0.25) is 10.0 Å². The number of piperidine rings is 1. The lowest BCUT2D eigenvalue weighted by atomic mass is 9.72. The molecule has 0 N–H and O–H groups in total. The highest BCUT2D eigenvalue weighted by Gasteiger charge is 2.36. The summed E-state index contributed by atoms with van der Waals surface area (Å²) in [5.41, 5.74) is 5.82. The molecule has 1 heterocycles. The van der Waals surface area contributed by atoms with Crippen LogP contribution >= 0.6 is 21.6 Å². The molecule has 0 bridgehead atoms. The first-order chi connectivity index (χ1) is 17.2. The van der Waals surface area contributed by atoms with Gasteiger partial charge in [0.25, 0.3) is 0 Å². The molecule has 1 aromatic carbocycles. The molecule has 3 rings (SSSR count). The van der Waals surface area contributed by atoms with Crippen LogP contribution < -0.4 is 0 Å². The molecule has 1 aliphatic heterocycles. The molecule has 1 fully saturated rings. The van der Waals surface area contributed by atoms with Crippen molar-refractivity contribution >= 4 is 43.4 Å². The number of fused-ring (bicyclic) bond motifs is 1. The van der Waals surface area contributed by atoms with Crippen LogP contribution in [-0.2, 0) is 10.0 Å². The van der Waals surface area contributed by atoms with Gasteiger partial charge in [-0.3, -0.25) is 15.0 Å². The number of benzene rings is 1. The fourth-order valence-electron chi connectivity index (χ4n) is 4.54. The van der Waals surface area contributed by atoms with Crippen LogP contribution in [0.3, 0.4) is 0 Å². The second-order valence-corrected chi connectivity index (χ2v) is 18.0. The van der Waals surface area contributed by atoms with Crippen molar-refractivity contribution in [1.82, 2.24) is 4.31 Å². The SMILES string of the molecule is C#CC.C=CN=C1/C(=C\C)C/C(C)=C\c2cc(Cl)ccc2C1C1CCN(S(C)(=O)=O)CC1.CS(C)(C)C. The van der Waals surface area contributed by atoms with E-state index in [0.29, 0.717) is 24.0 Å². The molecule has 0 saturated carbocycles. The van der Waals surface area contributed by atoms with Crippen LogP contribution in [0.2, 0.25) is 5.02 Å². The van der Waals surface area contributed by atoms with Gasteiger partial charge < -0.3 is 0 Å². The van der Waals surface area contributed by atoms with E-state index in [1.165, 1.54) is 23.0 Å². The van der Waals surface area contributed by atoms with E-state index in [1.54, 1.807) is 17.4 Å². The van der Waals surface area contributed by atoms with Crippen molar-refractivity contribution in [2.45, 2.75) is 46.0 Å². The normalized spacial score (nSPS) is 23.0. The Labute approximate surface area is 233 Å². The molecule has 1 aliphatic carbocycles. The Morgan fingerprint density at radius 2 is 1.70 bits per heavy atom. The summed E-state index contributed by atoms with van der Waals surface area (Å²) in [7, 11) is -3.32. The van der Waals surface area contributed by atoms with Gasteiger partial charge in [-0.1, -0.05) is 42.0 Å². The average molecular weight is 565 g/mol. The van der Waals surface area contributed by atoms with Crippen molar-refractivity contribution in [3.05, 3.63) is 64.3 Å². The summed E-state index contributed by atoms with van der Waals surface area (Å²) >= 11 is 6.31. The van der Waals surface area contributed by atoms with Crippen LogP contribution in [0.5, 0.6) is 0 Å². The van der Waals surface area contributed by atoms with E-state index in [1.807, 2.05) is 12.1 Å². The number of hydrogen-bond acceptors (Lipinski definition) is 3. The lowest BCUT2D eigenvalue weighted by molar-refractivity contribution is 0.265. The monoisotopic (exact) mass is 564 g/mol. The first kappa shape index (κ1) is 33.2. The molecule has 2 aliphatic rings. The van der Waals surface area contributed by atoms with Crippen molar-refractivity contribution in [2.75, 3.05) is 44.4 Å². The van der Waals surface area contributed by atoms with Crippen molar-refractivity contribution < 1.29 is 8.42 Å². The number of allylic oxidation sites excluding steroid dienone is 3. The van der Waals surface area contributed by atoms with Crippen LogP contribution in [0.4, 0.5) is 0 Å². The molecule has 0 amide bonds. The van der Waals surface area contributed by atoms with Crippen LogP contribution in [0.1, 0.15) is 57.1 Å². The van der Waals surface area contributed by atoms with Gasteiger partial charge in [0.05, 0.1) is 12.0 Å². The zero-order chi connectivity index (χ0) is 28.4. The summed E-state index contributed by atoms with van der Waals surface area (Å²) in [6.07, 6.45) is 23.4. The van der Waals surface area contributed by atoms with Crippen molar-refractivity contribution in [1.29, 1.82) is 0 Å². The van der Waals surface area contributed by atoms with Crippen LogP contribution in [-0.4, -0.2) is 62.8 Å². The predicted octanol–water partition coefficient (Wildman–Crippen LogP) is 7.38. The Morgan fingerprint density at radius 3 is 2.16 bits per heavy atom. The minimum absolute atomic E-state index is 0.0810. The minimum atomic E-state index is -3.16. The molecule has 1 atom stereocenters. The van der Waals surface area contributed by atoms with Crippen molar-refractivity contribution in [3.63, 3.8) is 0 Å². The number of terminal acetylenes is 1. The summed E-state index contributed by atoms with van der Waals surface area (Å²) in [6, 6.07) is 6.06. The Morgan fingerprint density at radius 1 is 1.16 bits per heavy atom. The third-order valence-corrected chi connectivity index (χ3v) is 7.43. The molecule has 1 unspecified atom stereocenters. The number of halogens is 1. The molecule has 4 nitrogen and oxygen atoms in total. The van der Waals surface area contributed by atoms with Crippen LogP contribution in [0.25, 0.3) is 6.08 Å². The van der Waals surface area contributed by atoms with E-state index in [4.69, 9.17) is 16.6 Å². The molecule has 0 aromatic heterocycles. The number of hydrogen-bond donors (Lipinski definition) is 0. The van der Waals surface area contributed by atoms with Crippen LogP contribution in [0, 0.1) is 18.3 Å². The maximum absolute atomic E-state index is 12.0. The Hall–Kier alpha value is -1.78. The Balaban J connectivity index is 0.000000751. The summed E-state index contributed by atoms with van der Waals surface area (Å²) < 4.78 is 25.5. The van der Waals surface area contributed by atoms with Gasteiger partial charge in [-0.25, -0.2) is 12.7 Å². The zero-order valence-electron chi connectivity index (χ0n) is 23.8. The van der Waals surface area contributed by atoms with E-state index >= 15 is 0 Å². The third kappa shape index (κ3) is 11.2. The lowest BCUT2D eigenvalue weighted by Crippen LogP contribution is -2.40. The van der Waals surface area contributed by atoms with Gasteiger partial charge in [0.15, 0.2) is 0 Å². The summed E-state index contributed by atoms with van der Waals surface area (Å²) in [4.78, 5) is 4.74. The average Bonchev–Trinajstić information content (AvgIpc) is 2.77. The number of nitrogens with zero attached hydrogens (tertiary/aromatic N) is 2. The van der Waals surface area contributed by atoms with E-state index in [0.717, 1.165) is 30.5 Å². The van der Waals surface area contributed by atoms with Gasteiger partial charge >= 0.3 is 0 Å². The fraction of sp³-hybridized carbons (Fsp3) is 0.500.